The maximum absolute atomic E-state index is 12.1. The largest absolute Gasteiger partial charge is 0.481 e. The van der Waals surface area contributed by atoms with Gasteiger partial charge in [0.15, 0.2) is 0 Å². The molecule has 0 aliphatic carbocycles. The number of carbonyl (C=O) groups is 5. The molecule has 1 aromatic rings. The van der Waals surface area contributed by atoms with Gasteiger partial charge in [0.25, 0.3) is 5.91 Å². The molecule has 1 heterocycles. The zero-order valence-electron chi connectivity index (χ0n) is 17.4. The third-order valence-corrected chi connectivity index (χ3v) is 4.30. The summed E-state index contributed by atoms with van der Waals surface area (Å²) in [7, 11) is 1.80. The Kier molecular flexibility index (Phi) is 11.2. The van der Waals surface area contributed by atoms with Crippen molar-refractivity contribution in [2.24, 2.45) is 0 Å². The number of hydrogen-bond acceptors (Lipinski definition) is 7. The van der Waals surface area contributed by atoms with Crippen LogP contribution in [0.2, 0.25) is 6.82 Å². The van der Waals surface area contributed by atoms with Gasteiger partial charge in [-0.1, -0.05) is 18.4 Å². The first-order valence-corrected chi connectivity index (χ1v) is 9.81. The second-order valence-electron chi connectivity index (χ2n) is 6.75. The van der Waals surface area contributed by atoms with Crippen LogP contribution in [0, 0.1) is 0 Å². The first-order valence-electron chi connectivity index (χ1n) is 9.81. The Hall–Kier alpha value is -3.64. The van der Waals surface area contributed by atoms with Gasteiger partial charge in [0, 0.05) is 25.4 Å². The molecule has 0 aromatic carbocycles. The summed E-state index contributed by atoms with van der Waals surface area (Å²) >= 11 is 0. The SMILES string of the molecule is C[B]c1cncc(C(=O)NCCCC[C@H](OC(=O)N[C@@H](CCC(=O)O)C(=O)O)C(=O)O)c1. The van der Waals surface area contributed by atoms with E-state index < -0.39 is 42.6 Å². The van der Waals surface area contributed by atoms with Gasteiger partial charge < -0.3 is 30.7 Å². The number of pyridine rings is 1. The lowest BCUT2D eigenvalue weighted by Gasteiger charge is -2.17. The van der Waals surface area contributed by atoms with Gasteiger partial charge in [-0.05, 0) is 25.7 Å². The molecule has 5 N–H and O–H groups in total. The summed E-state index contributed by atoms with van der Waals surface area (Å²) in [6, 6.07) is 0.150. The number of aliphatic carboxylic acids is 3. The zero-order chi connectivity index (χ0) is 24.1. The Bertz CT molecular complexity index is 834. The van der Waals surface area contributed by atoms with Crippen LogP contribution in [0.5, 0.6) is 0 Å². The first kappa shape index (κ1) is 26.4. The number of carboxylic acids is 3. The molecule has 32 heavy (non-hydrogen) atoms. The molecular weight excluding hydrogens is 425 g/mol. The third kappa shape index (κ3) is 9.91. The topological polar surface area (TPSA) is 192 Å². The number of alkyl carbamates (subject to hydrolysis) is 1. The van der Waals surface area contributed by atoms with E-state index in [1.165, 1.54) is 6.20 Å². The minimum absolute atomic E-state index is 0.0622. The molecule has 1 rings (SSSR count). The van der Waals surface area contributed by atoms with Crippen molar-refractivity contribution in [1.29, 1.82) is 0 Å². The van der Waals surface area contributed by atoms with Crippen LogP contribution in [0.4, 0.5) is 4.79 Å². The zero-order valence-corrected chi connectivity index (χ0v) is 17.4. The summed E-state index contributed by atoms with van der Waals surface area (Å²) in [5.74, 6) is -4.45. The van der Waals surface area contributed by atoms with Crippen molar-refractivity contribution in [2.75, 3.05) is 6.54 Å². The second-order valence-corrected chi connectivity index (χ2v) is 6.75. The molecule has 0 fully saturated rings. The molecule has 13 heteroatoms. The number of unbranched alkanes of at least 4 members (excludes halogenated alkanes) is 1. The van der Waals surface area contributed by atoms with E-state index in [2.05, 4.69) is 10.3 Å². The van der Waals surface area contributed by atoms with Crippen LogP contribution in [0.25, 0.3) is 0 Å². The van der Waals surface area contributed by atoms with Crippen LogP contribution in [-0.2, 0) is 19.1 Å². The second kappa shape index (κ2) is 13.6. The van der Waals surface area contributed by atoms with E-state index in [-0.39, 0.29) is 25.3 Å². The summed E-state index contributed by atoms with van der Waals surface area (Å²) in [6.07, 6.45) is 0.00223. The Balaban J connectivity index is 2.43. The highest BCUT2D eigenvalue weighted by Crippen LogP contribution is 2.07. The van der Waals surface area contributed by atoms with Gasteiger partial charge in [-0.25, -0.2) is 14.4 Å². The Labute approximate surface area is 184 Å². The summed E-state index contributed by atoms with van der Waals surface area (Å²) in [5.41, 5.74) is 1.19. The lowest BCUT2D eigenvalue weighted by molar-refractivity contribution is -0.147. The van der Waals surface area contributed by atoms with Crippen molar-refractivity contribution in [2.45, 2.75) is 51.1 Å². The van der Waals surface area contributed by atoms with Crippen molar-refractivity contribution >= 4 is 42.7 Å². The molecule has 0 saturated heterocycles. The molecule has 0 spiro atoms. The molecular formula is C19H25BN3O9. The number of aromatic nitrogens is 1. The fourth-order valence-corrected chi connectivity index (χ4v) is 2.56. The number of hydrogen-bond donors (Lipinski definition) is 5. The average molecular weight is 450 g/mol. The van der Waals surface area contributed by atoms with Gasteiger partial charge in [0.1, 0.15) is 13.3 Å². The van der Waals surface area contributed by atoms with Gasteiger partial charge in [-0.2, -0.15) is 0 Å². The fourth-order valence-electron chi connectivity index (χ4n) is 2.56. The number of nitrogens with one attached hydrogen (secondary N) is 2. The maximum atomic E-state index is 12.1. The van der Waals surface area contributed by atoms with Gasteiger partial charge >= 0.3 is 24.0 Å². The highest BCUT2D eigenvalue weighted by Gasteiger charge is 2.26. The predicted molar refractivity (Wildman–Crippen MR) is 111 cm³/mol. The number of rotatable bonds is 14. The third-order valence-electron chi connectivity index (χ3n) is 4.30. The average Bonchev–Trinajstić information content (AvgIpc) is 2.74. The number of carbonyl (C=O) groups excluding carboxylic acids is 2. The van der Waals surface area contributed by atoms with Gasteiger partial charge in [-0.15, -0.1) is 0 Å². The van der Waals surface area contributed by atoms with Crippen molar-refractivity contribution < 1.29 is 44.0 Å². The Morgan fingerprint density at radius 1 is 1.06 bits per heavy atom. The maximum Gasteiger partial charge on any atom is 0.408 e. The molecule has 0 aliphatic heterocycles. The highest BCUT2D eigenvalue weighted by atomic mass is 16.6. The molecule has 2 amide bonds. The molecule has 0 aliphatic rings. The van der Waals surface area contributed by atoms with E-state index in [9.17, 15) is 29.1 Å². The van der Waals surface area contributed by atoms with E-state index in [1.54, 1.807) is 19.5 Å². The van der Waals surface area contributed by atoms with Crippen LogP contribution < -0.4 is 16.1 Å². The fraction of sp³-hybridized carbons (Fsp3) is 0.474. The van der Waals surface area contributed by atoms with E-state index >= 15 is 0 Å². The van der Waals surface area contributed by atoms with Crippen molar-refractivity contribution in [3.05, 3.63) is 24.0 Å². The molecule has 2 atom stereocenters. The van der Waals surface area contributed by atoms with E-state index in [4.69, 9.17) is 14.9 Å². The standard InChI is InChI=1S/C19H25BN3O9/c1-20-12-8-11(9-21-10-12)16(26)22-7-3-2-4-14(18(29)30)32-19(31)23-13(17(27)28)5-6-15(24)25/h8-10,13-14H,2-7H2,1H3,(H,22,26)(H,23,31)(H,24,25)(H,27,28)(H,29,30)/t13-,14-/m0/s1. The van der Waals surface area contributed by atoms with E-state index in [1.807, 2.05) is 12.1 Å². The molecule has 0 saturated carbocycles. The highest BCUT2D eigenvalue weighted by molar-refractivity contribution is 6.51. The summed E-state index contributed by atoms with van der Waals surface area (Å²) in [6.45, 7) is 2.07. The van der Waals surface area contributed by atoms with Gasteiger partial charge in [0.05, 0.1) is 5.56 Å². The Morgan fingerprint density at radius 3 is 2.38 bits per heavy atom. The van der Waals surface area contributed by atoms with Crippen LogP contribution in [0.15, 0.2) is 18.5 Å². The van der Waals surface area contributed by atoms with E-state index in [0.717, 1.165) is 5.46 Å². The molecule has 0 bridgehead atoms. The number of ether oxygens (including phenoxy) is 1. The molecule has 1 aromatic heterocycles. The minimum Gasteiger partial charge on any atom is -0.481 e. The van der Waals surface area contributed by atoms with Crippen LogP contribution in [-0.4, -0.2) is 76.2 Å². The lowest BCUT2D eigenvalue weighted by atomic mass is 9.74. The lowest BCUT2D eigenvalue weighted by Crippen LogP contribution is -2.43. The predicted octanol–water partition coefficient (Wildman–Crippen LogP) is -0.143. The molecule has 173 valence electrons. The first-order chi connectivity index (χ1) is 15.1. The number of amides is 2. The smallest absolute Gasteiger partial charge is 0.408 e. The van der Waals surface area contributed by atoms with Crippen molar-refractivity contribution in [1.82, 2.24) is 15.6 Å². The Morgan fingerprint density at radius 2 is 1.78 bits per heavy atom. The van der Waals surface area contributed by atoms with Crippen LogP contribution >= 0.6 is 0 Å². The van der Waals surface area contributed by atoms with Gasteiger partial charge in [-0.3, -0.25) is 14.6 Å². The van der Waals surface area contributed by atoms with E-state index in [0.29, 0.717) is 18.4 Å². The number of nitrogens with zero attached hydrogens (tertiary/aromatic N) is 1. The summed E-state index contributed by atoms with van der Waals surface area (Å²) < 4.78 is 4.76. The van der Waals surface area contributed by atoms with Crippen LogP contribution in [0.3, 0.4) is 0 Å². The molecule has 0 unspecified atom stereocenters. The van der Waals surface area contributed by atoms with Crippen LogP contribution in [0.1, 0.15) is 42.5 Å². The molecule has 1 radical (unpaired) electrons. The summed E-state index contributed by atoms with van der Waals surface area (Å²) in [5, 5.41) is 31.5. The number of carboxylic acid groups (broad SMARTS) is 3. The van der Waals surface area contributed by atoms with Crippen molar-refractivity contribution in [3.63, 3.8) is 0 Å². The monoisotopic (exact) mass is 450 g/mol. The minimum atomic E-state index is -1.53. The normalized spacial score (nSPS) is 12.2. The van der Waals surface area contributed by atoms with Crippen molar-refractivity contribution in [3.8, 4) is 0 Å². The summed E-state index contributed by atoms with van der Waals surface area (Å²) in [4.78, 5) is 60.8. The quantitative estimate of drug-likeness (QED) is 0.188. The molecule has 12 nitrogen and oxygen atoms in total. The van der Waals surface area contributed by atoms with Gasteiger partial charge in [0.2, 0.25) is 6.10 Å².